The molecule has 0 radical (unpaired) electrons. The van der Waals surface area contributed by atoms with E-state index in [4.69, 9.17) is 21.1 Å². The van der Waals surface area contributed by atoms with Crippen LogP contribution in [0, 0.1) is 0 Å². The molecule has 6 nitrogen and oxygen atoms in total. The molecule has 2 aliphatic rings. The zero-order valence-electron chi connectivity index (χ0n) is 13.3. The maximum atomic E-state index is 12.6. The average molecular weight is 351 g/mol. The molecule has 1 saturated heterocycles. The first kappa shape index (κ1) is 16.8. The lowest BCUT2D eigenvalue weighted by Gasteiger charge is -2.28. The van der Waals surface area contributed by atoms with Crippen LogP contribution in [0.5, 0.6) is 0 Å². The third-order valence-electron chi connectivity index (χ3n) is 4.13. The van der Waals surface area contributed by atoms with Crippen LogP contribution in [0.3, 0.4) is 0 Å². The molecular weight excluding hydrogens is 332 g/mol. The minimum atomic E-state index is -0.649. The molecule has 1 aromatic rings. The minimum absolute atomic E-state index is 0.0558. The molecule has 24 heavy (non-hydrogen) atoms. The molecule has 0 spiro atoms. The molecular formula is C17H19ClN2O4. The van der Waals surface area contributed by atoms with Gasteiger partial charge in [0.2, 0.25) is 0 Å². The molecule has 0 aliphatic carbocycles. The number of hydrogen-bond acceptors (Lipinski definition) is 4. The van der Waals surface area contributed by atoms with Crippen molar-refractivity contribution in [3.63, 3.8) is 0 Å². The fourth-order valence-electron chi connectivity index (χ4n) is 2.93. The highest BCUT2D eigenvalue weighted by molar-refractivity contribution is 6.31. The molecule has 0 aromatic heterocycles. The summed E-state index contributed by atoms with van der Waals surface area (Å²) in [7, 11) is 0. The lowest BCUT2D eigenvalue weighted by molar-refractivity contribution is -0.142. The third kappa shape index (κ3) is 3.55. The van der Waals surface area contributed by atoms with E-state index in [1.807, 2.05) is 0 Å². The maximum absolute atomic E-state index is 12.6. The van der Waals surface area contributed by atoms with E-state index in [0.29, 0.717) is 28.5 Å². The summed E-state index contributed by atoms with van der Waals surface area (Å²) in [6.45, 7) is 2.58. The summed E-state index contributed by atoms with van der Waals surface area (Å²) in [4.78, 5) is 24.4. The van der Waals surface area contributed by atoms with Crippen molar-refractivity contribution in [2.24, 2.45) is 0 Å². The molecule has 128 valence electrons. The smallest absolute Gasteiger partial charge is 0.338 e. The van der Waals surface area contributed by atoms with Crippen LogP contribution in [0.2, 0.25) is 5.02 Å². The summed E-state index contributed by atoms with van der Waals surface area (Å²) in [5, 5.41) is 5.82. The number of ether oxygens (including phenoxy) is 2. The van der Waals surface area contributed by atoms with Crippen LogP contribution in [0.15, 0.2) is 35.5 Å². The molecule has 2 heterocycles. The zero-order chi connectivity index (χ0) is 17.1. The van der Waals surface area contributed by atoms with Gasteiger partial charge in [0.1, 0.15) is 6.61 Å². The van der Waals surface area contributed by atoms with Gasteiger partial charge >= 0.3 is 12.0 Å². The highest BCUT2D eigenvalue weighted by Crippen LogP contribution is 2.32. The monoisotopic (exact) mass is 350 g/mol. The number of allylic oxidation sites excluding steroid dienone is 1. The Morgan fingerprint density at radius 3 is 2.92 bits per heavy atom. The van der Waals surface area contributed by atoms with Crippen LogP contribution in [0.4, 0.5) is 4.79 Å². The van der Waals surface area contributed by atoms with Crippen molar-refractivity contribution in [2.75, 3.05) is 13.2 Å². The molecule has 0 unspecified atom stereocenters. The van der Waals surface area contributed by atoms with Crippen LogP contribution in [-0.4, -0.2) is 31.3 Å². The van der Waals surface area contributed by atoms with E-state index >= 15 is 0 Å². The van der Waals surface area contributed by atoms with Crippen LogP contribution in [0.1, 0.15) is 31.4 Å². The Balaban J connectivity index is 1.83. The van der Waals surface area contributed by atoms with Crippen molar-refractivity contribution in [3.05, 3.63) is 46.1 Å². The molecule has 0 saturated carbocycles. The Morgan fingerprint density at radius 1 is 1.42 bits per heavy atom. The van der Waals surface area contributed by atoms with Crippen molar-refractivity contribution < 1.29 is 19.1 Å². The molecule has 3 rings (SSSR count). The van der Waals surface area contributed by atoms with Crippen LogP contribution in [0.25, 0.3) is 0 Å². The summed E-state index contributed by atoms with van der Waals surface area (Å²) in [5.74, 6) is -0.486. The lowest BCUT2D eigenvalue weighted by atomic mass is 9.95. The van der Waals surface area contributed by atoms with Crippen molar-refractivity contribution in [1.29, 1.82) is 0 Å². The van der Waals surface area contributed by atoms with Gasteiger partial charge in [-0.15, -0.1) is 0 Å². The normalized spacial score (nSPS) is 23.7. The number of esters is 1. The van der Waals surface area contributed by atoms with Crippen molar-refractivity contribution in [3.8, 4) is 0 Å². The van der Waals surface area contributed by atoms with Crippen molar-refractivity contribution in [2.45, 2.75) is 31.9 Å². The van der Waals surface area contributed by atoms with Gasteiger partial charge in [0.15, 0.2) is 0 Å². The van der Waals surface area contributed by atoms with Gasteiger partial charge in [-0.05, 0) is 31.4 Å². The Labute approximate surface area is 145 Å². The van der Waals surface area contributed by atoms with Crippen LogP contribution < -0.4 is 10.6 Å². The van der Waals surface area contributed by atoms with Crippen LogP contribution in [-0.2, 0) is 14.3 Å². The number of carbonyl (C=O) groups is 2. The van der Waals surface area contributed by atoms with Gasteiger partial charge in [0.05, 0.1) is 17.7 Å². The third-order valence-corrected chi connectivity index (χ3v) is 4.47. The molecule has 2 amide bonds. The van der Waals surface area contributed by atoms with E-state index in [1.165, 1.54) is 0 Å². The second-order valence-electron chi connectivity index (χ2n) is 5.83. The molecule has 1 fully saturated rings. The fraction of sp³-hybridized carbons (Fsp3) is 0.412. The molecule has 7 heteroatoms. The molecule has 2 N–H and O–H groups in total. The van der Waals surface area contributed by atoms with E-state index in [9.17, 15) is 9.59 Å². The Morgan fingerprint density at radius 2 is 2.21 bits per heavy atom. The number of nitrogens with one attached hydrogen (secondary N) is 2. The average Bonchev–Trinajstić information content (AvgIpc) is 3.06. The summed E-state index contributed by atoms with van der Waals surface area (Å²) in [6, 6.07) is 6.06. The topological polar surface area (TPSA) is 76.7 Å². The largest absolute Gasteiger partial charge is 0.459 e. The van der Waals surface area contributed by atoms with E-state index in [0.717, 1.165) is 12.8 Å². The maximum Gasteiger partial charge on any atom is 0.338 e. The molecule has 2 atom stereocenters. The Hall–Kier alpha value is -2.05. The number of hydrogen-bond donors (Lipinski definition) is 2. The van der Waals surface area contributed by atoms with Gasteiger partial charge in [-0.2, -0.15) is 0 Å². The minimum Gasteiger partial charge on any atom is -0.459 e. The van der Waals surface area contributed by atoms with E-state index in [2.05, 4.69) is 10.6 Å². The van der Waals surface area contributed by atoms with Gasteiger partial charge in [-0.3, -0.25) is 0 Å². The van der Waals surface area contributed by atoms with Gasteiger partial charge in [0.25, 0.3) is 0 Å². The number of carbonyl (C=O) groups excluding carboxylic acids is 2. The SMILES string of the molecule is CC1=C(C(=O)OC[C@@H]2CCCO2)[C@H](c2ccccc2Cl)NC(=O)N1. The van der Waals surface area contributed by atoms with Gasteiger partial charge in [0, 0.05) is 17.3 Å². The predicted octanol–water partition coefficient (Wildman–Crippen LogP) is 2.69. The van der Waals surface area contributed by atoms with Crippen LogP contribution >= 0.6 is 11.6 Å². The summed E-state index contributed by atoms with van der Waals surface area (Å²) in [6.07, 6.45) is 1.80. The second-order valence-corrected chi connectivity index (χ2v) is 6.23. The van der Waals surface area contributed by atoms with E-state index in [1.54, 1.807) is 31.2 Å². The first-order valence-corrected chi connectivity index (χ1v) is 8.25. The first-order chi connectivity index (χ1) is 11.6. The van der Waals surface area contributed by atoms with E-state index in [-0.39, 0.29) is 18.7 Å². The number of amides is 2. The van der Waals surface area contributed by atoms with Gasteiger partial charge < -0.3 is 20.1 Å². The van der Waals surface area contributed by atoms with E-state index < -0.39 is 12.0 Å². The summed E-state index contributed by atoms with van der Waals surface area (Å²) in [5.41, 5.74) is 1.46. The van der Waals surface area contributed by atoms with Crippen molar-refractivity contribution in [1.82, 2.24) is 10.6 Å². The highest BCUT2D eigenvalue weighted by Gasteiger charge is 2.33. The number of benzene rings is 1. The zero-order valence-corrected chi connectivity index (χ0v) is 14.1. The number of urea groups is 1. The molecule has 2 aliphatic heterocycles. The predicted molar refractivity (Wildman–Crippen MR) is 88.5 cm³/mol. The lowest BCUT2D eigenvalue weighted by Crippen LogP contribution is -2.45. The Kier molecular flexibility index (Phi) is 5.06. The highest BCUT2D eigenvalue weighted by atomic mass is 35.5. The number of rotatable bonds is 4. The summed E-state index contributed by atoms with van der Waals surface area (Å²) >= 11 is 6.24. The quantitative estimate of drug-likeness (QED) is 0.818. The molecule has 1 aromatic carbocycles. The van der Waals surface area contributed by atoms with Gasteiger partial charge in [-0.25, -0.2) is 9.59 Å². The fourth-order valence-corrected chi connectivity index (χ4v) is 3.17. The second kappa shape index (κ2) is 7.23. The first-order valence-electron chi connectivity index (χ1n) is 7.87. The van der Waals surface area contributed by atoms with Crippen molar-refractivity contribution >= 4 is 23.6 Å². The summed E-state index contributed by atoms with van der Waals surface area (Å²) < 4.78 is 10.9. The molecule has 0 bridgehead atoms. The number of halogens is 1. The van der Waals surface area contributed by atoms with Gasteiger partial charge in [-0.1, -0.05) is 29.8 Å². The standard InChI is InChI=1S/C17H19ClN2O4/c1-10-14(16(21)24-9-11-5-4-8-23-11)15(20-17(22)19-10)12-6-2-3-7-13(12)18/h2-3,6-7,11,15H,4-5,8-9H2,1H3,(H2,19,20,22)/t11-,15-/m0/s1. The Bertz CT molecular complexity index is 683.